The molecule has 3 amide bonds. The van der Waals surface area contributed by atoms with E-state index in [-0.39, 0.29) is 36.4 Å². The lowest BCUT2D eigenvalue weighted by Gasteiger charge is -2.28. The Morgan fingerprint density at radius 3 is 2.69 bits per heavy atom. The van der Waals surface area contributed by atoms with Gasteiger partial charge in [-0.3, -0.25) is 19.3 Å². The van der Waals surface area contributed by atoms with Crippen LogP contribution >= 0.6 is 0 Å². The van der Waals surface area contributed by atoms with E-state index in [1.54, 1.807) is 18.2 Å². The monoisotopic (exact) mass is 396 g/mol. The number of hydrogen-bond acceptors (Lipinski definition) is 4. The minimum Gasteiger partial charge on any atom is -0.376 e. The highest BCUT2D eigenvalue weighted by Crippen LogP contribution is 2.49. The molecule has 0 unspecified atom stereocenters. The Morgan fingerprint density at radius 2 is 2.00 bits per heavy atom. The molecule has 6 heteroatoms. The third kappa shape index (κ3) is 3.27. The zero-order valence-corrected chi connectivity index (χ0v) is 16.9. The van der Waals surface area contributed by atoms with E-state index in [9.17, 15) is 14.4 Å². The van der Waals surface area contributed by atoms with Crippen molar-refractivity contribution in [2.24, 2.45) is 17.8 Å². The van der Waals surface area contributed by atoms with Crippen LogP contribution in [0.4, 0.5) is 0 Å². The summed E-state index contributed by atoms with van der Waals surface area (Å²) in [4.78, 5) is 39.5. The van der Waals surface area contributed by atoms with Crippen molar-refractivity contribution < 1.29 is 19.1 Å². The number of amides is 3. The number of hydrogen-bond donors (Lipinski definition) is 1. The van der Waals surface area contributed by atoms with Crippen molar-refractivity contribution in [3.8, 4) is 0 Å². The van der Waals surface area contributed by atoms with Crippen LogP contribution in [0.3, 0.4) is 0 Å². The van der Waals surface area contributed by atoms with Gasteiger partial charge in [0.2, 0.25) is 0 Å². The molecule has 154 valence electrons. The first-order chi connectivity index (χ1) is 14.0. The largest absolute Gasteiger partial charge is 0.376 e. The molecule has 1 aromatic rings. The summed E-state index contributed by atoms with van der Waals surface area (Å²) < 4.78 is 5.58. The number of rotatable bonds is 5. The van der Waals surface area contributed by atoms with Gasteiger partial charge in [-0.25, -0.2) is 0 Å². The van der Waals surface area contributed by atoms with E-state index in [0.29, 0.717) is 29.2 Å². The first kappa shape index (κ1) is 18.8. The molecule has 6 nitrogen and oxygen atoms in total. The van der Waals surface area contributed by atoms with Crippen LogP contribution in [0.5, 0.6) is 0 Å². The Kier molecular flexibility index (Phi) is 4.69. The predicted molar refractivity (Wildman–Crippen MR) is 107 cm³/mol. The Morgan fingerprint density at radius 1 is 1.17 bits per heavy atom. The number of nitrogens with zero attached hydrogens (tertiary/aromatic N) is 1. The van der Waals surface area contributed by atoms with Gasteiger partial charge in [-0.05, 0) is 75.0 Å². The van der Waals surface area contributed by atoms with Gasteiger partial charge in [-0.15, -0.1) is 0 Å². The Bertz CT molecular complexity index is 860. The molecule has 2 aliphatic heterocycles. The van der Waals surface area contributed by atoms with Crippen LogP contribution in [0.25, 0.3) is 0 Å². The Balaban J connectivity index is 1.28. The number of carbonyl (C=O) groups is 3. The molecule has 2 saturated carbocycles. The molecule has 1 N–H and O–H groups in total. The van der Waals surface area contributed by atoms with Gasteiger partial charge in [0, 0.05) is 18.2 Å². The highest BCUT2D eigenvalue weighted by atomic mass is 16.5. The Hall–Kier alpha value is -2.21. The van der Waals surface area contributed by atoms with Crippen LogP contribution in [0.2, 0.25) is 0 Å². The third-order valence-corrected chi connectivity index (χ3v) is 7.44. The van der Waals surface area contributed by atoms with Gasteiger partial charge in [0.15, 0.2) is 0 Å². The predicted octanol–water partition coefficient (Wildman–Crippen LogP) is 3.02. The van der Waals surface area contributed by atoms with Crippen LogP contribution in [-0.2, 0) is 4.74 Å². The van der Waals surface area contributed by atoms with Gasteiger partial charge in [-0.2, -0.15) is 0 Å². The molecule has 0 aromatic heterocycles. The van der Waals surface area contributed by atoms with Crippen LogP contribution in [0.15, 0.2) is 18.2 Å². The zero-order valence-electron chi connectivity index (χ0n) is 16.9. The third-order valence-electron chi connectivity index (χ3n) is 7.44. The van der Waals surface area contributed by atoms with Crippen molar-refractivity contribution in [2.75, 3.05) is 13.2 Å². The molecular weight excluding hydrogens is 368 g/mol. The van der Waals surface area contributed by atoms with E-state index in [2.05, 4.69) is 12.2 Å². The maximum absolute atomic E-state index is 12.8. The van der Waals surface area contributed by atoms with E-state index in [0.717, 1.165) is 24.7 Å². The molecular formula is C23H28N2O4. The van der Waals surface area contributed by atoms with E-state index in [1.165, 1.54) is 30.6 Å². The fourth-order valence-electron chi connectivity index (χ4n) is 5.89. The second kappa shape index (κ2) is 7.24. The van der Waals surface area contributed by atoms with Crippen molar-refractivity contribution in [3.63, 3.8) is 0 Å². The van der Waals surface area contributed by atoms with Gasteiger partial charge >= 0.3 is 0 Å². The summed E-state index contributed by atoms with van der Waals surface area (Å²) in [5.74, 6) is 1.35. The van der Waals surface area contributed by atoms with E-state index in [1.807, 2.05) is 0 Å². The van der Waals surface area contributed by atoms with Crippen molar-refractivity contribution in [3.05, 3.63) is 34.9 Å². The topological polar surface area (TPSA) is 75.7 Å². The summed E-state index contributed by atoms with van der Waals surface area (Å²) in [7, 11) is 0. The summed E-state index contributed by atoms with van der Waals surface area (Å²) in [6.07, 6.45) is 6.88. The van der Waals surface area contributed by atoms with Gasteiger partial charge < -0.3 is 10.1 Å². The summed E-state index contributed by atoms with van der Waals surface area (Å²) >= 11 is 0. The van der Waals surface area contributed by atoms with Crippen LogP contribution in [0.1, 0.15) is 76.5 Å². The molecule has 2 bridgehead atoms. The maximum Gasteiger partial charge on any atom is 0.261 e. The second-order valence-electron chi connectivity index (χ2n) is 9.22. The molecule has 0 radical (unpaired) electrons. The number of carbonyl (C=O) groups excluding carboxylic acids is 3. The van der Waals surface area contributed by atoms with Crippen molar-refractivity contribution in [2.45, 2.75) is 57.6 Å². The van der Waals surface area contributed by atoms with E-state index in [4.69, 9.17) is 4.74 Å². The summed E-state index contributed by atoms with van der Waals surface area (Å²) in [6, 6.07) is 4.97. The molecule has 2 aliphatic carbocycles. The van der Waals surface area contributed by atoms with E-state index < -0.39 is 0 Å². The van der Waals surface area contributed by atoms with Crippen LogP contribution in [-0.4, -0.2) is 47.9 Å². The number of imide groups is 1. The highest BCUT2D eigenvalue weighted by Gasteiger charge is 2.42. The second-order valence-corrected chi connectivity index (χ2v) is 9.22. The van der Waals surface area contributed by atoms with Crippen LogP contribution < -0.4 is 5.32 Å². The normalized spacial score (nSPS) is 31.4. The fraction of sp³-hybridized carbons (Fsp3) is 0.609. The van der Waals surface area contributed by atoms with Gasteiger partial charge in [-0.1, -0.05) is 6.42 Å². The molecule has 29 heavy (non-hydrogen) atoms. The molecule has 1 aromatic carbocycles. The summed E-state index contributed by atoms with van der Waals surface area (Å²) in [6.45, 7) is 3.06. The molecule has 3 fully saturated rings. The molecule has 2 heterocycles. The average molecular weight is 396 g/mol. The summed E-state index contributed by atoms with van der Waals surface area (Å²) in [5, 5.41) is 3.14. The minimum absolute atomic E-state index is 0.0809. The Labute approximate surface area is 171 Å². The molecule has 5 rings (SSSR count). The number of benzene rings is 1. The van der Waals surface area contributed by atoms with Crippen molar-refractivity contribution in [1.29, 1.82) is 0 Å². The van der Waals surface area contributed by atoms with Gasteiger partial charge in [0.1, 0.15) is 0 Å². The minimum atomic E-state index is -0.323. The first-order valence-corrected chi connectivity index (χ1v) is 10.9. The van der Waals surface area contributed by atoms with Gasteiger partial charge in [0.25, 0.3) is 17.7 Å². The standard InChI is InChI=1S/C23H28N2O4/c1-13(19-10-14-4-5-15(19)9-14)24-21(26)16-6-7-18-20(11-16)23(28)25(22(18)27)12-17-3-2-8-29-17/h6-7,11,13-15,17,19H,2-5,8-10,12H2,1H3,(H,24,26)/t13-,14-,15-,17-,19-/m0/s1. The zero-order chi connectivity index (χ0) is 20.1. The molecule has 0 spiro atoms. The quantitative estimate of drug-likeness (QED) is 0.777. The number of fused-ring (bicyclic) bond motifs is 3. The van der Waals surface area contributed by atoms with Crippen LogP contribution in [0, 0.1) is 17.8 Å². The highest BCUT2D eigenvalue weighted by molar-refractivity contribution is 6.22. The SMILES string of the molecule is C[C@H](NC(=O)c1ccc2c(c1)C(=O)N(C[C@@H]1CCCO1)C2=O)[C@@H]1C[C@H]2CC[C@H]1C2. The maximum atomic E-state index is 12.8. The van der Waals surface area contributed by atoms with E-state index >= 15 is 0 Å². The smallest absolute Gasteiger partial charge is 0.261 e. The molecule has 4 aliphatic rings. The fourth-order valence-corrected chi connectivity index (χ4v) is 5.89. The average Bonchev–Trinajstić information content (AvgIpc) is 3.51. The van der Waals surface area contributed by atoms with Gasteiger partial charge in [0.05, 0.1) is 23.8 Å². The molecule has 5 atom stereocenters. The number of ether oxygens (including phenoxy) is 1. The molecule has 1 saturated heterocycles. The number of nitrogens with one attached hydrogen (secondary N) is 1. The lowest BCUT2D eigenvalue weighted by molar-refractivity contribution is 0.0475. The summed E-state index contributed by atoms with van der Waals surface area (Å²) in [5.41, 5.74) is 1.15. The van der Waals surface area contributed by atoms with Crippen molar-refractivity contribution in [1.82, 2.24) is 10.2 Å². The first-order valence-electron chi connectivity index (χ1n) is 10.9. The lowest BCUT2D eigenvalue weighted by atomic mass is 9.84. The lowest BCUT2D eigenvalue weighted by Crippen LogP contribution is -2.40. The van der Waals surface area contributed by atoms with Crippen molar-refractivity contribution >= 4 is 17.7 Å².